The molecule has 0 aliphatic heterocycles. The Morgan fingerprint density at radius 3 is 2.60 bits per heavy atom. The van der Waals surface area contributed by atoms with E-state index in [4.69, 9.17) is 4.74 Å². The summed E-state index contributed by atoms with van der Waals surface area (Å²) in [5.41, 5.74) is 1.47. The Kier molecular flexibility index (Phi) is 6.47. The minimum absolute atomic E-state index is 0.166. The number of hydrogen-bond donors (Lipinski definition) is 2. The highest BCUT2D eigenvalue weighted by molar-refractivity contribution is 5.87. The van der Waals surface area contributed by atoms with E-state index >= 15 is 0 Å². The van der Waals surface area contributed by atoms with Crippen LogP contribution in [0, 0.1) is 5.92 Å². The minimum atomic E-state index is -1.16. The Morgan fingerprint density at radius 2 is 1.92 bits per heavy atom. The van der Waals surface area contributed by atoms with Gasteiger partial charge in [0.1, 0.15) is 12.1 Å². The van der Waals surface area contributed by atoms with Crippen molar-refractivity contribution in [1.29, 1.82) is 0 Å². The van der Waals surface area contributed by atoms with Gasteiger partial charge in [-0.05, 0) is 24.5 Å². The molecule has 0 radical (unpaired) electrons. The fourth-order valence-electron chi connectivity index (χ4n) is 2.59. The minimum Gasteiger partial charge on any atom is -0.467 e. The lowest BCUT2D eigenvalue weighted by molar-refractivity contribution is -0.146. The van der Waals surface area contributed by atoms with Crippen LogP contribution in [0.2, 0.25) is 0 Å². The number of carbonyl (C=O) groups is 2. The van der Waals surface area contributed by atoms with E-state index in [0.29, 0.717) is 12.1 Å². The number of para-hydroxylation sites is 1. The van der Waals surface area contributed by atoms with Gasteiger partial charge in [-0.1, -0.05) is 38.1 Å². The molecule has 1 heterocycles. The average molecular weight is 344 g/mol. The standard InChI is InChI=1S/C19H24N2O4/c1-12(2)10-17(22)18(23)21-16(19(24)25-3)11-14-9-8-13-6-4-5-7-15(13)20-14/h4-9,12,16-17,22H,10-11H2,1-3H3,(H,21,23)/t16-,17-/m0/s1. The van der Waals surface area contributed by atoms with Gasteiger partial charge in [0.2, 0.25) is 5.91 Å². The van der Waals surface area contributed by atoms with Crippen molar-refractivity contribution >= 4 is 22.8 Å². The van der Waals surface area contributed by atoms with E-state index in [2.05, 4.69) is 10.3 Å². The van der Waals surface area contributed by atoms with Gasteiger partial charge < -0.3 is 15.2 Å². The van der Waals surface area contributed by atoms with Crippen LogP contribution in [0.1, 0.15) is 26.0 Å². The second kappa shape index (κ2) is 8.58. The highest BCUT2D eigenvalue weighted by Gasteiger charge is 2.26. The van der Waals surface area contributed by atoms with Gasteiger partial charge in [0.05, 0.1) is 12.6 Å². The number of fused-ring (bicyclic) bond motifs is 1. The van der Waals surface area contributed by atoms with Crippen LogP contribution in [-0.4, -0.2) is 41.2 Å². The van der Waals surface area contributed by atoms with E-state index in [1.54, 1.807) is 0 Å². The molecule has 1 amide bonds. The summed E-state index contributed by atoms with van der Waals surface area (Å²) in [6, 6.07) is 10.5. The maximum Gasteiger partial charge on any atom is 0.328 e. The van der Waals surface area contributed by atoms with Crippen LogP contribution in [0.15, 0.2) is 36.4 Å². The zero-order chi connectivity index (χ0) is 18.4. The number of aromatic nitrogens is 1. The van der Waals surface area contributed by atoms with Crippen molar-refractivity contribution in [2.45, 2.75) is 38.8 Å². The van der Waals surface area contributed by atoms with Gasteiger partial charge in [0.25, 0.3) is 0 Å². The number of carbonyl (C=O) groups excluding carboxylic acids is 2. The van der Waals surface area contributed by atoms with Crippen LogP contribution in [0.4, 0.5) is 0 Å². The van der Waals surface area contributed by atoms with E-state index in [1.165, 1.54) is 7.11 Å². The molecule has 0 spiro atoms. The molecule has 2 aromatic rings. The third-order valence-electron chi connectivity index (χ3n) is 3.87. The lowest BCUT2D eigenvalue weighted by Crippen LogP contribution is -2.47. The lowest BCUT2D eigenvalue weighted by atomic mass is 10.0. The number of aliphatic hydroxyl groups is 1. The fraction of sp³-hybridized carbons (Fsp3) is 0.421. The molecule has 0 fully saturated rings. The molecule has 0 bridgehead atoms. The summed E-state index contributed by atoms with van der Waals surface area (Å²) in [5, 5.41) is 13.5. The third kappa shape index (κ3) is 5.26. The SMILES string of the molecule is COC(=O)[C@H](Cc1ccc2ccccc2n1)NC(=O)[C@@H](O)CC(C)C. The van der Waals surface area contributed by atoms with Crippen molar-refractivity contribution in [1.82, 2.24) is 10.3 Å². The van der Waals surface area contributed by atoms with Crippen LogP contribution in [0.5, 0.6) is 0 Å². The summed E-state index contributed by atoms with van der Waals surface area (Å²) in [6.07, 6.45) is -0.636. The number of benzene rings is 1. The van der Waals surface area contributed by atoms with Crippen molar-refractivity contribution in [2.75, 3.05) is 7.11 Å². The van der Waals surface area contributed by atoms with E-state index in [1.807, 2.05) is 50.2 Å². The molecule has 0 unspecified atom stereocenters. The lowest BCUT2D eigenvalue weighted by Gasteiger charge is -2.19. The Hall–Kier alpha value is -2.47. The number of esters is 1. The quantitative estimate of drug-likeness (QED) is 0.748. The maximum absolute atomic E-state index is 12.1. The number of hydrogen-bond acceptors (Lipinski definition) is 5. The van der Waals surface area contributed by atoms with Crippen LogP contribution in [0.3, 0.4) is 0 Å². The topological polar surface area (TPSA) is 88.5 Å². The second-order valence-electron chi connectivity index (χ2n) is 6.43. The summed E-state index contributed by atoms with van der Waals surface area (Å²) in [5.74, 6) is -0.982. The van der Waals surface area contributed by atoms with Gasteiger partial charge >= 0.3 is 5.97 Å². The number of pyridine rings is 1. The van der Waals surface area contributed by atoms with E-state index < -0.39 is 24.0 Å². The Balaban J connectivity index is 2.13. The van der Waals surface area contributed by atoms with Gasteiger partial charge in [0, 0.05) is 17.5 Å². The van der Waals surface area contributed by atoms with Crippen LogP contribution in [-0.2, 0) is 20.7 Å². The molecule has 134 valence electrons. The molecular formula is C19H24N2O4. The Labute approximate surface area is 147 Å². The monoisotopic (exact) mass is 344 g/mol. The number of ether oxygens (including phenoxy) is 1. The zero-order valence-corrected chi connectivity index (χ0v) is 14.7. The largest absolute Gasteiger partial charge is 0.467 e. The first kappa shape index (κ1) is 18.9. The van der Waals surface area contributed by atoms with Crippen LogP contribution in [0.25, 0.3) is 10.9 Å². The first-order chi connectivity index (χ1) is 11.9. The molecule has 2 N–H and O–H groups in total. The van der Waals surface area contributed by atoms with Gasteiger partial charge in [-0.2, -0.15) is 0 Å². The third-order valence-corrected chi connectivity index (χ3v) is 3.87. The van der Waals surface area contributed by atoms with Gasteiger partial charge in [-0.15, -0.1) is 0 Å². The molecule has 0 aliphatic rings. The number of rotatable bonds is 7. The van der Waals surface area contributed by atoms with Crippen molar-refractivity contribution in [3.05, 3.63) is 42.1 Å². The molecule has 0 saturated heterocycles. The molecule has 1 aromatic heterocycles. The maximum atomic E-state index is 12.1. The number of nitrogens with zero attached hydrogens (tertiary/aromatic N) is 1. The van der Waals surface area contributed by atoms with Gasteiger partial charge in [0.15, 0.2) is 0 Å². The predicted octanol–water partition coefficient (Wildman–Crippen LogP) is 1.84. The molecule has 6 heteroatoms. The number of aliphatic hydroxyl groups excluding tert-OH is 1. The van der Waals surface area contributed by atoms with Crippen molar-refractivity contribution in [2.24, 2.45) is 5.92 Å². The van der Waals surface area contributed by atoms with Crippen LogP contribution < -0.4 is 5.32 Å². The van der Waals surface area contributed by atoms with Crippen molar-refractivity contribution in [3.63, 3.8) is 0 Å². The molecule has 25 heavy (non-hydrogen) atoms. The van der Waals surface area contributed by atoms with E-state index in [0.717, 1.165) is 10.9 Å². The molecule has 2 atom stereocenters. The van der Waals surface area contributed by atoms with Crippen molar-refractivity contribution in [3.8, 4) is 0 Å². The molecule has 1 aromatic carbocycles. The smallest absolute Gasteiger partial charge is 0.328 e. The molecule has 2 rings (SSSR count). The molecule has 0 saturated carbocycles. The predicted molar refractivity (Wildman–Crippen MR) is 94.9 cm³/mol. The fourth-order valence-corrected chi connectivity index (χ4v) is 2.59. The average Bonchev–Trinajstić information content (AvgIpc) is 2.59. The molecule has 0 aliphatic carbocycles. The van der Waals surface area contributed by atoms with Gasteiger partial charge in [-0.3, -0.25) is 9.78 Å². The Morgan fingerprint density at radius 1 is 1.20 bits per heavy atom. The van der Waals surface area contributed by atoms with Crippen LogP contribution >= 0.6 is 0 Å². The summed E-state index contributed by atoms with van der Waals surface area (Å²) in [7, 11) is 1.26. The number of nitrogens with one attached hydrogen (secondary N) is 1. The van der Waals surface area contributed by atoms with E-state index in [9.17, 15) is 14.7 Å². The number of methoxy groups -OCH3 is 1. The Bertz CT molecular complexity index is 745. The first-order valence-corrected chi connectivity index (χ1v) is 8.31. The summed E-state index contributed by atoms with van der Waals surface area (Å²) in [6.45, 7) is 3.82. The zero-order valence-electron chi connectivity index (χ0n) is 14.7. The molecular weight excluding hydrogens is 320 g/mol. The number of amides is 1. The summed E-state index contributed by atoms with van der Waals surface area (Å²) in [4.78, 5) is 28.6. The highest BCUT2D eigenvalue weighted by atomic mass is 16.5. The summed E-state index contributed by atoms with van der Waals surface area (Å²) >= 11 is 0. The van der Waals surface area contributed by atoms with Crippen molar-refractivity contribution < 1.29 is 19.4 Å². The van der Waals surface area contributed by atoms with Gasteiger partial charge in [-0.25, -0.2) is 4.79 Å². The first-order valence-electron chi connectivity index (χ1n) is 8.31. The second-order valence-corrected chi connectivity index (χ2v) is 6.43. The van der Waals surface area contributed by atoms with E-state index in [-0.39, 0.29) is 12.3 Å². The molecule has 6 nitrogen and oxygen atoms in total. The summed E-state index contributed by atoms with van der Waals surface area (Å²) < 4.78 is 4.77. The highest BCUT2D eigenvalue weighted by Crippen LogP contribution is 2.13. The normalized spacial score (nSPS) is 13.5.